The number of rotatable bonds is 4. The van der Waals surface area contributed by atoms with Crippen LogP contribution in [0.25, 0.3) is 10.7 Å². The van der Waals surface area contributed by atoms with Gasteiger partial charge in [-0.25, -0.2) is 0 Å². The fourth-order valence-electron chi connectivity index (χ4n) is 2.35. The second kappa shape index (κ2) is 6.47. The second-order valence-electron chi connectivity index (χ2n) is 5.28. The maximum Gasteiger partial charge on any atom is 0.244 e. The van der Waals surface area contributed by atoms with Crippen LogP contribution in [-0.2, 0) is 11.3 Å². The van der Waals surface area contributed by atoms with Crippen molar-refractivity contribution in [1.29, 1.82) is 0 Å². The molecule has 23 heavy (non-hydrogen) atoms. The first-order chi connectivity index (χ1) is 11.0. The Balaban J connectivity index is 1.81. The number of aromatic nitrogens is 3. The van der Waals surface area contributed by atoms with E-state index in [1.54, 1.807) is 15.9 Å². The summed E-state index contributed by atoms with van der Waals surface area (Å²) < 4.78 is 2.14. The van der Waals surface area contributed by atoms with E-state index in [4.69, 9.17) is 12.2 Å². The standard InChI is InChI=1S/C16H16N4OS2/c1-10-5-6-12(11(2)8-10)17-14(21)9-20-15(18-19-16(20)22)13-4-3-7-23-13/h3-8H,9H2,1-2H3,(H,17,21)(H,19,22). The van der Waals surface area contributed by atoms with Gasteiger partial charge in [0.25, 0.3) is 0 Å². The molecular formula is C16H16N4OS2. The van der Waals surface area contributed by atoms with Gasteiger partial charge >= 0.3 is 0 Å². The van der Waals surface area contributed by atoms with Crippen LogP contribution in [0.1, 0.15) is 11.1 Å². The molecule has 0 saturated heterocycles. The van der Waals surface area contributed by atoms with Crippen LogP contribution in [0.3, 0.4) is 0 Å². The number of carbonyl (C=O) groups excluding carboxylic acids is 1. The number of hydrogen-bond acceptors (Lipinski definition) is 4. The molecule has 118 valence electrons. The third-order valence-corrected chi connectivity index (χ3v) is 4.64. The molecule has 1 aromatic carbocycles. The molecule has 0 atom stereocenters. The van der Waals surface area contributed by atoms with Gasteiger partial charge in [0.1, 0.15) is 6.54 Å². The Bertz CT molecular complexity index is 893. The Morgan fingerprint density at radius 2 is 2.22 bits per heavy atom. The molecule has 3 aromatic rings. The fraction of sp³-hybridized carbons (Fsp3) is 0.188. The number of nitrogens with one attached hydrogen (secondary N) is 2. The number of nitrogens with zero attached hydrogens (tertiary/aromatic N) is 2. The van der Waals surface area contributed by atoms with Crippen molar-refractivity contribution in [2.24, 2.45) is 0 Å². The number of carbonyl (C=O) groups is 1. The van der Waals surface area contributed by atoms with Gasteiger partial charge in [0, 0.05) is 5.69 Å². The molecule has 0 aliphatic rings. The van der Waals surface area contributed by atoms with Crippen molar-refractivity contribution in [3.05, 3.63) is 51.6 Å². The fourth-order valence-corrected chi connectivity index (χ4v) is 3.26. The Morgan fingerprint density at radius 3 is 2.91 bits per heavy atom. The van der Waals surface area contributed by atoms with E-state index in [-0.39, 0.29) is 12.5 Å². The lowest BCUT2D eigenvalue weighted by molar-refractivity contribution is -0.116. The first-order valence-electron chi connectivity index (χ1n) is 7.11. The highest BCUT2D eigenvalue weighted by atomic mass is 32.1. The number of thiophene rings is 1. The Kier molecular flexibility index (Phi) is 4.40. The van der Waals surface area contributed by atoms with Crippen molar-refractivity contribution in [3.63, 3.8) is 0 Å². The van der Waals surface area contributed by atoms with E-state index >= 15 is 0 Å². The zero-order chi connectivity index (χ0) is 16.4. The maximum atomic E-state index is 12.4. The first kappa shape index (κ1) is 15.6. The number of aryl methyl sites for hydroxylation is 2. The number of hydrogen-bond donors (Lipinski definition) is 2. The molecule has 0 aliphatic carbocycles. The van der Waals surface area contributed by atoms with Crippen LogP contribution in [0.15, 0.2) is 35.7 Å². The number of amides is 1. The minimum atomic E-state index is -0.132. The van der Waals surface area contributed by atoms with E-state index in [0.717, 1.165) is 21.7 Å². The Hall–Kier alpha value is -2.25. The summed E-state index contributed by atoms with van der Waals surface area (Å²) in [6, 6.07) is 9.82. The summed E-state index contributed by atoms with van der Waals surface area (Å²) in [7, 11) is 0. The van der Waals surface area contributed by atoms with Gasteiger partial charge in [-0.1, -0.05) is 23.8 Å². The molecule has 0 radical (unpaired) electrons. The van der Waals surface area contributed by atoms with E-state index in [0.29, 0.717) is 10.6 Å². The number of benzene rings is 1. The number of anilines is 1. The quantitative estimate of drug-likeness (QED) is 0.705. The molecule has 0 saturated carbocycles. The molecule has 2 heterocycles. The van der Waals surface area contributed by atoms with Crippen LogP contribution >= 0.6 is 23.6 Å². The first-order valence-corrected chi connectivity index (χ1v) is 8.39. The Labute approximate surface area is 143 Å². The average Bonchev–Trinajstić information content (AvgIpc) is 3.13. The summed E-state index contributed by atoms with van der Waals surface area (Å²) in [6.07, 6.45) is 0. The van der Waals surface area contributed by atoms with Gasteiger partial charge in [-0.05, 0) is 49.1 Å². The van der Waals surface area contributed by atoms with E-state index in [9.17, 15) is 4.79 Å². The zero-order valence-electron chi connectivity index (χ0n) is 12.8. The molecule has 5 nitrogen and oxygen atoms in total. The van der Waals surface area contributed by atoms with Crippen molar-refractivity contribution in [3.8, 4) is 10.7 Å². The molecule has 0 fully saturated rings. The zero-order valence-corrected chi connectivity index (χ0v) is 14.4. The summed E-state index contributed by atoms with van der Waals surface area (Å²) >= 11 is 6.80. The highest BCUT2D eigenvalue weighted by Gasteiger charge is 2.13. The smallest absolute Gasteiger partial charge is 0.244 e. The molecule has 3 rings (SSSR count). The van der Waals surface area contributed by atoms with Crippen LogP contribution in [0.5, 0.6) is 0 Å². The topological polar surface area (TPSA) is 62.7 Å². The summed E-state index contributed by atoms with van der Waals surface area (Å²) in [6.45, 7) is 4.12. The van der Waals surface area contributed by atoms with Gasteiger partial charge in [-0.2, -0.15) is 5.10 Å². The van der Waals surface area contributed by atoms with Gasteiger partial charge in [0.2, 0.25) is 5.91 Å². The summed E-state index contributed by atoms with van der Waals surface area (Å²) in [5.41, 5.74) is 3.01. The molecule has 7 heteroatoms. The SMILES string of the molecule is Cc1ccc(NC(=O)Cn2c(-c3cccs3)n[nH]c2=S)c(C)c1. The molecule has 2 aromatic heterocycles. The van der Waals surface area contributed by atoms with Crippen molar-refractivity contribution < 1.29 is 4.79 Å². The van der Waals surface area contributed by atoms with Crippen LogP contribution in [0.4, 0.5) is 5.69 Å². The van der Waals surface area contributed by atoms with E-state index < -0.39 is 0 Å². The highest BCUT2D eigenvalue weighted by Crippen LogP contribution is 2.23. The minimum absolute atomic E-state index is 0.121. The van der Waals surface area contributed by atoms with Crippen molar-refractivity contribution in [2.75, 3.05) is 5.32 Å². The maximum absolute atomic E-state index is 12.4. The molecule has 2 N–H and O–H groups in total. The van der Waals surface area contributed by atoms with E-state index in [1.165, 1.54) is 0 Å². The van der Waals surface area contributed by atoms with Gasteiger partial charge in [0.15, 0.2) is 10.6 Å². The third-order valence-electron chi connectivity index (χ3n) is 3.46. The van der Waals surface area contributed by atoms with Crippen molar-refractivity contribution in [1.82, 2.24) is 14.8 Å². The lowest BCUT2D eigenvalue weighted by Crippen LogP contribution is -2.20. The summed E-state index contributed by atoms with van der Waals surface area (Å²) in [5, 5.41) is 11.9. The van der Waals surface area contributed by atoms with Crippen molar-refractivity contribution >= 4 is 35.1 Å². The monoisotopic (exact) mass is 344 g/mol. The molecule has 1 amide bonds. The van der Waals surface area contributed by atoms with E-state index in [1.807, 2.05) is 49.6 Å². The lowest BCUT2D eigenvalue weighted by atomic mass is 10.1. The average molecular weight is 344 g/mol. The molecule has 0 spiro atoms. The number of aromatic amines is 1. The second-order valence-corrected chi connectivity index (χ2v) is 6.62. The van der Waals surface area contributed by atoms with Gasteiger partial charge < -0.3 is 5.32 Å². The van der Waals surface area contributed by atoms with Gasteiger partial charge in [-0.15, -0.1) is 11.3 Å². The van der Waals surface area contributed by atoms with Crippen LogP contribution in [0, 0.1) is 18.6 Å². The van der Waals surface area contributed by atoms with Gasteiger partial charge in [-0.3, -0.25) is 14.5 Å². The lowest BCUT2D eigenvalue weighted by Gasteiger charge is -2.10. The van der Waals surface area contributed by atoms with Gasteiger partial charge in [0.05, 0.1) is 4.88 Å². The number of H-pyrrole nitrogens is 1. The Morgan fingerprint density at radius 1 is 1.39 bits per heavy atom. The normalized spacial score (nSPS) is 10.7. The van der Waals surface area contributed by atoms with E-state index in [2.05, 4.69) is 15.5 Å². The minimum Gasteiger partial charge on any atom is -0.324 e. The molecule has 0 aliphatic heterocycles. The summed E-state index contributed by atoms with van der Waals surface area (Å²) in [4.78, 5) is 13.3. The van der Waals surface area contributed by atoms with Crippen LogP contribution in [-0.4, -0.2) is 20.7 Å². The molecule has 0 unspecified atom stereocenters. The van der Waals surface area contributed by atoms with Crippen LogP contribution in [0.2, 0.25) is 0 Å². The van der Waals surface area contributed by atoms with Crippen molar-refractivity contribution in [2.45, 2.75) is 20.4 Å². The summed E-state index contributed by atoms with van der Waals surface area (Å²) in [5.74, 6) is 0.549. The predicted molar refractivity (Wildman–Crippen MR) is 95.3 cm³/mol. The highest BCUT2D eigenvalue weighted by molar-refractivity contribution is 7.71. The molecule has 0 bridgehead atoms. The largest absolute Gasteiger partial charge is 0.324 e. The predicted octanol–water partition coefficient (Wildman–Crippen LogP) is 3.92. The molecular weight excluding hydrogens is 328 g/mol. The third kappa shape index (κ3) is 3.40. The van der Waals surface area contributed by atoms with Crippen LogP contribution < -0.4 is 5.32 Å².